The second kappa shape index (κ2) is 8.72. The van der Waals surface area contributed by atoms with E-state index in [1.165, 1.54) is 12.8 Å². The standard InChI is InChI=1S/C21H27N3O2/c1-2-25-14-13-21(11-12-21)16-23-20(22)24-17-7-6-10-19(15-17)26-18-8-4-3-5-9-18/h3-10,15H,2,11-14,16H2,1H3,(H3,22,23,24). The first-order chi connectivity index (χ1) is 12.7. The molecule has 2 aromatic carbocycles. The predicted molar refractivity (Wildman–Crippen MR) is 106 cm³/mol. The normalized spacial score (nSPS) is 15.5. The number of benzene rings is 2. The van der Waals surface area contributed by atoms with Gasteiger partial charge in [-0.05, 0) is 55.9 Å². The van der Waals surface area contributed by atoms with Gasteiger partial charge in [0.2, 0.25) is 0 Å². The van der Waals surface area contributed by atoms with E-state index >= 15 is 0 Å². The molecular formula is C21H27N3O2. The largest absolute Gasteiger partial charge is 0.457 e. The van der Waals surface area contributed by atoms with E-state index in [2.05, 4.69) is 10.3 Å². The van der Waals surface area contributed by atoms with Crippen LogP contribution in [0.25, 0.3) is 0 Å². The molecule has 0 amide bonds. The third-order valence-corrected chi connectivity index (χ3v) is 4.61. The van der Waals surface area contributed by atoms with Gasteiger partial charge in [0, 0.05) is 31.5 Å². The average molecular weight is 353 g/mol. The van der Waals surface area contributed by atoms with Crippen molar-refractivity contribution in [3.05, 3.63) is 54.6 Å². The summed E-state index contributed by atoms with van der Waals surface area (Å²) in [4.78, 5) is 4.53. The fourth-order valence-corrected chi connectivity index (χ4v) is 2.80. The fraction of sp³-hybridized carbons (Fsp3) is 0.381. The first-order valence-electron chi connectivity index (χ1n) is 9.17. The molecule has 26 heavy (non-hydrogen) atoms. The van der Waals surface area contributed by atoms with Gasteiger partial charge >= 0.3 is 0 Å². The number of nitrogens with one attached hydrogen (secondary N) is 1. The van der Waals surface area contributed by atoms with Gasteiger partial charge in [-0.3, -0.25) is 4.99 Å². The SMILES string of the molecule is CCOCCC1(CN=C(N)Nc2cccc(Oc3ccccc3)c2)CC1. The lowest BCUT2D eigenvalue weighted by Crippen LogP contribution is -2.24. The van der Waals surface area contributed by atoms with E-state index in [1.807, 2.05) is 61.5 Å². The molecule has 0 saturated heterocycles. The highest BCUT2D eigenvalue weighted by atomic mass is 16.5. The molecule has 1 aliphatic rings. The number of hydrogen-bond donors (Lipinski definition) is 2. The minimum absolute atomic E-state index is 0.291. The van der Waals surface area contributed by atoms with Crippen LogP contribution in [0.2, 0.25) is 0 Å². The number of nitrogens with two attached hydrogens (primary N) is 1. The van der Waals surface area contributed by atoms with E-state index in [4.69, 9.17) is 15.2 Å². The lowest BCUT2D eigenvalue weighted by molar-refractivity contribution is 0.129. The molecule has 5 heteroatoms. The van der Waals surface area contributed by atoms with Crippen molar-refractivity contribution in [1.82, 2.24) is 0 Å². The molecule has 0 atom stereocenters. The summed E-state index contributed by atoms with van der Waals surface area (Å²) in [6.45, 7) is 4.34. The van der Waals surface area contributed by atoms with E-state index in [0.717, 1.165) is 43.4 Å². The second-order valence-corrected chi connectivity index (χ2v) is 6.72. The molecular weight excluding hydrogens is 326 g/mol. The number of aliphatic imine (C=N–C) groups is 1. The van der Waals surface area contributed by atoms with Crippen LogP contribution >= 0.6 is 0 Å². The quantitative estimate of drug-likeness (QED) is 0.398. The third kappa shape index (κ3) is 5.49. The molecule has 0 heterocycles. The molecule has 1 saturated carbocycles. The van der Waals surface area contributed by atoms with Crippen LogP contribution in [0.4, 0.5) is 5.69 Å². The molecule has 1 aliphatic carbocycles. The number of guanidine groups is 1. The number of anilines is 1. The van der Waals surface area contributed by atoms with Gasteiger partial charge in [0.15, 0.2) is 5.96 Å². The third-order valence-electron chi connectivity index (χ3n) is 4.61. The van der Waals surface area contributed by atoms with Crippen molar-refractivity contribution < 1.29 is 9.47 Å². The summed E-state index contributed by atoms with van der Waals surface area (Å²) in [7, 11) is 0. The van der Waals surface area contributed by atoms with Crippen LogP contribution in [0.3, 0.4) is 0 Å². The highest BCUT2D eigenvalue weighted by Gasteiger charge is 2.41. The van der Waals surface area contributed by atoms with Crippen LogP contribution < -0.4 is 15.8 Å². The van der Waals surface area contributed by atoms with Gasteiger partial charge in [-0.15, -0.1) is 0 Å². The van der Waals surface area contributed by atoms with Crippen molar-refractivity contribution in [3.8, 4) is 11.5 Å². The van der Waals surface area contributed by atoms with Gasteiger partial charge in [-0.2, -0.15) is 0 Å². The van der Waals surface area contributed by atoms with E-state index in [-0.39, 0.29) is 0 Å². The molecule has 0 unspecified atom stereocenters. The summed E-state index contributed by atoms with van der Waals surface area (Å²) in [5.41, 5.74) is 7.22. The molecule has 0 aliphatic heterocycles. The Balaban J connectivity index is 1.54. The van der Waals surface area contributed by atoms with Gasteiger partial charge < -0.3 is 20.5 Å². The minimum Gasteiger partial charge on any atom is -0.457 e. The topological polar surface area (TPSA) is 68.9 Å². The van der Waals surface area contributed by atoms with Crippen LogP contribution in [0.5, 0.6) is 11.5 Å². The van der Waals surface area contributed by atoms with Crippen LogP contribution in [0, 0.1) is 5.41 Å². The van der Waals surface area contributed by atoms with Crippen LogP contribution in [-0.4, -0.2) is 25.7 Å². The number of rotatable bonds is 9. The number of para-hydroxylation sites is 1. The van der Waals surface area contributed by atoms with Crippen molar-refractivity contribution in [1.29, 1.82) is 0 Å². The summed E-state index contributed by atoms with van der Waals surface area (Å²) >= 11 is 0. The molecule has 1 fully saturated rings. The summed E-state index contributed by atoms with van der Waals surface area (Å²) in [6.07, 6.45) is 3.46. The van der Waals surface area contributed by atoms with Crippen molar-refractivity contribution in [2.75, 3.05) is 25.1 Å². The van der Waals surface area contributed by atoms with E-state index in [1.54, 1.807) is 0 Å². The highest BCUT2D eigenvalue weighted by molar-refractivity contribution is 5.92. The Morgan fingerprint density at radius 3 is 2.62 bits per heavy atom. The number of ether oxygens (including phenoxy) is 2. The maximum absolute atomic E-state index is 6.06. The van der Waals surface area contributed by atoms with Gasteiger partial charge in [0.1, 0.15) is 11.5 Å². The molecule has 0 bridgehead atoms. The minimum atomic E-state index is 0.291. The maximum atomic E-state index is 6.06. The molecule has 5 nitrogen and oxygen atoms in total. The zero-order valence-electron chi connectivity index (χ0n) is 15.3. The Hall–Kier alpha value is -2.53. The smallest absolute Gasteiger partial charge is 0.193 e. The Morgan fingerprint density at radius 1 is 1.12 bits per heavy atom. The summed E-state index contributed by atoms with van der Waals surface area (Å²) in [5.74, 6) is 1.99. The molecule has 0 radical (unpaired) electrons. The Labute approximate surface area is 155 Å². The van der Waals surface area contributed by atoms with Crippen molar-refractivity contribution in [3.63, 3.8) is 0 Å². The molecule has 2 aromatic rings. The highest BCUT2D eigenvalue weighted by Crippen LogP contribution is 2.49. The first kappa shape index (κ1) is 18.3. The van der Waals surface area contributed by atoms with Gasteiger partial charge in [0.25, 0.3) is 0 Å². The van der Waals surface area contributed by atoms with E-state index in [0.29, 0.717) is 11.4 Å². The maximum Gasteiger partial charge on any atom is 0.193 e. The van der Waals surface area contributed by atoms with E-state index < -0.39 is 0 Å². The monoisotopic (exact) mass is 353 g/mol. The zero-order chi connectivity index (χ0) is 18.2. The van der Waals surface area contributed by atoms with Gasteiger partial charge in [0.05, 0.1) is 0 Å². The number of hydrogen-bond acceptors (Lipinski definition) is 3. The zero-order valence-corrected chi connectivity index (χ0v) is 15.3. The molecule has 0 spiro atoms. The van der Waals surface area contributed by atoms with Crippen LogP contribution in [0.15, 0.2) is 59.6 Å². The summed E-state index contributed by atoms with van der Waals surface area (Å²) in [5, 5.41) is 3.15. The van der Waals surface area contributed by atoms with Crippen molar-refractivity contribution in [2.24, 2.45) is 16.1 Å². The summed E-state index contributed by atoms with van der Waals surface area (Å²) < 4.78 is 11.3. The van der Waals surface area contributed by atoms with Crippen LogP contribution in [0.1, 0.15) is 26.2 Å². The second-order valence-electron chi connectivity index (χ2n) is 6.72. The van der Waals surface area contributed by atoms with Crippen molar-refractivity contribution in [2.45, 2.75) is 26.2 Å². The summed E-state index contributed by atoms with van der Waals surface area (Å²) in [6, 6.07) is 17.4. The Kier molecular flexibility index (Phi) is 6.12. The van der Waals surface area contributed by atoms with Gasteiger partial charge in [-0.1, -0.05) is 24.3 Å². The van der Waals surface area contributed by atoms with E-state index in [9.17, 15) is 0 Å². The van der Waals surface area contributed by atoms with Crippen LogP contribution in [-0.2, 0) is 4.74 Å². The molecule has 3 rings (SSSR count). The van der Waals surface area contributed by atoms with Gasteiger partial charge in [-0.25, -0.2) is 0 Å². The lowest BCUT2D eigenvalue weighted by Gasteiger charge is -2.13. The number of nitrogens with zero attached hydrogens (tertiary/aromatic N) is 1. The Bertz CT molecular complexity index is 727. The Morgan fingerprint density at radius 2 is 1.88 bits per heavy atom. The predicted octanol–water partition coefficient (Wildman–Crippen LogP) is 4.41. The first-order valence-corrected chi connectivity index (χ1v) is 9.17. The molecule has 3 N–H and O–H groups in total. The lowest BCUT2D eigenvalue weighted by atomic mass is 10.0. The molecule has 138 valence electrons. The molecule has 0 aromatic heterocycles. The van der Waals surface area contributed by atoms with Crippen molar-refractivity contribution >= 4 is 11.6 Å². The fourth-order valence-electron chi connectivity index (χ4n) is 2.80. The average Bonchev–Trinajstić information content (AvgIpc) is 3.42.